The zero-order valence-corrected chi connectivity index (χ0v) is 20.0. The summed E-state index contributed by atoms with van der Waals surface area (Å²) in [5.41, 5.74) is -3.15. The molecule has 0 unspecified atom stereocenters. The molecule has 0 aliphatic rings. The molecule has 0 amide bonds. The Bertz CT molecular complexity index is 1100. The maximum absolute atomic E-state index is 12.7. The summed E-state index contributed by atoms with van der Waals surface area (Å²) in [6.07, 6.45) is 3.10. The molecule has 3 rings (SSSR count). The summed E-state index contributed by atoms with van der Waals surface area (Å²) in [5, 5.41) is 1.16. The summed E-state index contributed by atoms with van der Waals surface area (Å²) < 4.78 is 42.1. The van der Waals surface area contributed by atoms with E-state index in [9.17, 15) is 13.2 Å². The molecule has 0 spiro atoms. The Hall–Kier alpha value is -1.16. The fourth-order valence-corrected chi connectivity index (χ4v) is 6.39. The zero-order chi connectivity index (χ0) is 21.3. The standard InChI is InChI=1S/C20H18BrF3N2S3/c1-5-15-14(9-11(3)29-20(22,23)24)25-19(26(15)4)18-17(27-6-2)13-8-7-12(21)10-16(13)28-18/h5,7-10H,1,6H2,2-4H3/b11-9+. The van der Waals surface area contributed by atoms with Crippen LogP contribution in [0.2, 0.25) is 0 Å². The Morgan fingerprint density at radius 3 is 2.72 bits per heavy atom. The van der Waals surface area contributed by atoms with Gasteiger partial charge in [-0.25, -0.2) is 4.98 Å². The summed E-state index contributed by atoms with van der Waals surface area (Å²) in [4.78, 5) is 6.98. The lowest BCUT2D eigenvalue weighted by Gasteiger charge is -2.05. The molecule has 0 radical (unpaired) electrons. The number of benzene rings is 1. The molecule has 0 saturated carbocycles. The smallest absolute Gasteiger partial charge is 0.326 e. The van der Waals surface area contributed by atoms with E-state index in [-0.39, 0.29) is 16.7 Å². The summed E-state index contributed by atoms with van der Waals surface area (Å²) in [6, 6.07) is 6.17. The number of alkyl halides is 3. The van der Waals surface area contributed by atoms with Gasteiger partial charge in [0.15, 0.2) is 5.82 Å². The number of hydrogen-bond donors (Lipinski definition) is 0. The van der Waals surface area contributed by atoms with E-state index < -0.39 is 5.51 Å². The quantitative estimate of drug-likeness (QED) is 0.305. The number of aromatic nitrogens is 2. The van der Waals surface area contributed by atoms with Crippen LogP contribution in [-0.4, -0.2) is 20.8 Å². The number of fused-ring (bicyclic) bond motifs is 1. The SMILES string of the molecule is C=Cc1c(/C=C(\C)SC(F)(F)F)nc(-c2sc3cc(Br)ccc3c2SCC)n1C. The van der Waals surface area contributed by atoms with E-state index in [0.717, 1.165) is 35.9 Å². The predicted octanol–water partition coefficient (Wildman–Crippen LogP) is 8.43. The first-order chi connectivity index (χ1) is 13.6. The van der Waals surface area contributed by atoms with E-state index in [4.69, 9.17) is 4.98 Å². The molecule has 2 nitrogen and oxygen atoms in total. The van der Waals surface area contributed by atoms with Crippen molar-refractivity contribution in [1.29, 1.82) is 0 Å². The van der Waals surface area contributed by atoms with Crippen LogP contribution in [0.3, 0.4) is 0 Å². The van der Waals surface area contributed by atoms with Gasteiger partial charge in [-0.05, 0) is 53.6 Å². The van der Waals surface area contributed by atoms with Crippen molar-refractivity contribution in [2.24, 2.45) is 7.05 Å². The molecule has 0 atom stereocenters. The van der Waals surface area contributed by atoms with Crippen LogP contribution in [0.4, 0.5) is 13.2 Å². The molecule has 0 fully saturated rings. The third-order valence-corrected chi connectivity index (χ3v) is 7.52. The Balaban J connectivity index is 2.17. The largest absolute Gasteiger partial charge is 0.446 e. The van der Waals surface area contributed by atoms with Crippen molar-refractivity contribution in [2.45, 2.75) is 24.3 Å². The van der Waals surface area contributed by atoms with Crippen molar-refractivity contribution in [3.05, 3.63) is 45.5 Å². The van der Waals surface area contributed by atoms with Crippen molar-refractivity contribution >= 4 is 73.0 Å². The van der Waals surface area contributed by atoms with Crippen LogP contribution in [0.1, 0.15) is 25.2 Å². The zero-order valence-electron chi connectivity index (χ0n) is 15.9. The van der Waals surface area contributed by atoms with Gasteiger partial charge in [0.2, 0.25) is 0 Å². The predicted molar refractivity (Wildman–Crippen MR) is 126 cm³/mol. The Kier molecular flexibility index (Phi) is 6.92. The van der Waals surface area contributed by atoms with Crippen LogP contribution in [-0.2, 0) is 7.05 Å². The number of halogens is 4. The Labute approximate surface area is 188 Å². The maximum Gasteiger partial charge on any atom is 0.446 e. The molecular weight excluding hydrogens is 501 g/mol. The van der Waals surface area contributed by atoms with E-state index in [1.807, 2.05) is 17.7 Å². The Morgan fingerprint density at radius 1 is 1.38 bits per heavy atom. The molecule has 154 valence electrons. The van der Waals surface area contributed by atoms with Crippen molar-refractivity contribution in [2.75, 3.05) is 5.75 Å². The molecule has 0 aliphatic carbocycles. The van der Waals surface area contributed by atoms with E-state index in [1.165, 1.54) is 13.0 Å². The van der Waals surface area contributed by atoms with Gasteiger partial charge in [0.1, 0.15) is 0 Å². The summed E-state index contributed by atoms with van der Waals surface area (Å²) in [7, 11) is 1.86. The number of thioether (sulfide) groups is 2. The molecule has 0 saturated heterocycles. The Morgan fingerprint density at radius 2 is 2.10 bits per heavy atom. The average molecular weight is 519 g/mol. The molecule has 2 heterocycles. The minimum absolute atomic E-state index is 0.131. The average Bonchev–Trinajstić information content (AvgIpc) is 3.10. The minimum atomic E-state index is -4.32. The van der Waals surface area contributed by atoms with Gasteiger partial charge < -0.3 is 4.57 Å². The van der Waals surface area contributed by atoms with Crippen LogP contribution in [0.15, 0.2) is 39.1 Å². The molecule has 0 N–H and O–H groups in total. The molecule has 0 bridgehead atoms. The fraction of sp³-hybridized carbons (Fsp3) is 0.250. The number of imidazole rings is 1. The lowest BCUT2D eigenvalue weighted by atomic mass is 10.2. The first kappa shape index (κ1) is 22.5. The van der Waals surface area contributed by atoms with Gasteiger partial charge in [-0.15, -0.1) is 23.1 Å². The third kappa shape index (κ3) is 4.95. The van der Waals surface area contributed by atoms with Crippen LogP contribution in [0, 0.1) is 0 Å². The molecule has 2 aromatic heterocycles. The second-order valence-corrected chi connectivity index (χ2v) is 10.7. The van der Waals surface area contributed by atoms with Crippen molar-refractivity contribution in [3.63, 3.8) is 0 Å². The summed E-state index contributed by atoms with van der Waals surface area (Å²) >= 11 is 6.76. The van der Waals surface area contributed by atoms with Gasteiger partial charge >= 0.3 is 5.51 Å². The molecule has 3 aromatic rings. The van der Waals surface area contributed by atoms with E-state index in [0.29, 0.717) is 11.4 Å². The van der Waals surface area contributed by atoms with E-state index >= 15 is 0 Å². The number of rotatable bonds is 6. The van der Waals surface area contributed by atoms with Crippen LogP contribution in [0.5, 0.6) is 0 Å². The first-order valence-electron chi connectivity index (χ1n) is 8.63. The highest BCUT2D eigenvalue weighted by molar-refractivity contribution is 9.10. The summed E-state index contributed by atoms with van der Waals surface area (Å²) in [6.45, 7) is 7.36. The molecular formula is C20H18BrF3N2S3. The van der Waals surface area contributed by atoms with Gasteiger partial charge in [-0.3, -0.25) is 0 Å². The van der Waals surface area contributed by atoms with Crippen LogP contribution < -0.4 is 0 Å². The lowest BCUT2D eigenvalue weighted by molar-refractivity contribution is -0.0321. The highest BCUT2D eigenvalue weighted by atomic mass is 79.9. The number of hydrogen-bond acceptors (Lipinski definition) is 4. The highest BCUT2D eigenvalue weighted by Crippen LogP contribution is 2.45. The van der Waals surface area contributed by atoms with Gasteiger partial charge in [0, 0.05) is 26.5 Å². The molecule has 29 heavy (non-hydrogen) atoms. The summed E-state index contributed by atoms with van der Waals surface area (Å²) in [5.74, 6) is 1.63. The van der Waals surface area contributed by atoms with Crippen molar-refractivity contribution in [3.8, 4) is 10.7 Å². The van der Waals surface area contributed by atoms with Gasteiger partial charge in [0.05, 0.1) is 16.3 Å². The first-order valence-corrected chi connectivity index (χ1v) is 12.0. The number of allylic oxidation sites excluding steroid dienone is 1. The van der Waals surface area contributed by atoms with Gasteiger partial charge in [-0.1, -0.05) is 35.5 Å². The molecule has 0 aliphatic heterocycles. The van der Waals surface area contributed by atoms with Crippen molar-refractivity contribution in [1.82, 2.24) is 9.55 Å². The van der Waals surface area contributed by atoms with Crippen LogP contribution in [0.25, 0.3) is 32.9 Å². The second-order valence-electron chi connectivity index (χ2n) is 6.11. The third-order valence-electron chi connectivity index (χ3n) is 4.08. The second kappa shape index (κ2) is 8.91. The normalized spacial score (nSPS) is 12.7. The lowest BCUT2D eigenvalue weighted by Crippen LogP contribution is -1.99. The number of nitrogens with zero attached hydrogens (tertiary/aromatic N) is 2. The highest BCUT2D eigenvalue weighted by Gasteiger charge is 2.29. The van der Waals surface area contributed by atoms with Gasteiger partial charge in [-0.2, -0.15) is 13.2 Å². The van der Waals surface area contributed by atoms with Gasteiger partial charge in [0.25, 0.3) is 0 Å². The fourth-order valence-electron chi connectivity index (χ4n) is 2.97. The minimum Gasteiger partial charge on any atom is -0.326 e. The van der Waals surface area contributed by atoms with E-state index in [1.54, 1.807) is 29.2 Å². The maximum atomic E-state index is 12.7. The van der Waals surface area contributed by atoms with E-state index in [2.05, 4.69) is 41.6 Å². The topological polar surface area (TPSA) is 17.8 Å². The molecule has 1 aromatic carbocycles. The van der Waals surface area contributed by atoms with Crippen LogP contribution >= 0.6 is 50.8 Å². The molecule has 9 heteroatoms. The van der Waals surface area contributed by atoms with Crippen molar-refractivity contribution < 1.29 is 13.2 Å². The monoisotopic (exact) mass is 518 g/mol. The number of thiophene rings is 1.